The van der Waals surface area contributed by atoms with Crippen molar-refractivity contribution in [1.29, 1.82) is 5.26 Å². The quantitative estimate of drug-likeness (QED) is 0.669. The number of halogens is 3. The van der Waals surface area contributed by atoms with Gasteiger partial charge in [0.05, 0.1) is 22.7 Å². The topological polar surface area (TPSA) is 104 Å². The van der Waals surface area contributed by atoms with E-state index in [2.05, 4.69) is 26.0 Å². The number of nitriles is 1. The third kappa shape index (κ3) is 4.02. The highest BCUT2D eigenvalue weighted by molar-refractivity contribution is 9.10. The lowest BCUT2D eigenvalue weighted by molar-refractivity contribution is 0.479. The van der Waals surface area contributed by atoms with E-state index in [9.17, 15) is 22.0 Å². The van der Waals surface area contributed by atoms with Gasteiger partial charge in [0.1, 0.15) is 18.0 Å². The first-order chi connectivity index (χ1) is 13.2. The number of sulfonamides is 1. The van der Waals surface area contributed by atoms with Crippen molar-refractivity contribution >= 4 is 43.0 Å². The van der Waals surface area contributed by atoms with Gasteiger partial charge in [-0.2, -0.15) is 9.65 Å². The van der Waals surface area contributed by atoms with Gasteiger partial charge in [0.2, 0.25) is 15.8 Å². The van der Waals surface area contributed by atoms with E-state index < -0.39 is 44.7 Å². The van der Waals surface area contributed by atoms with Crippen molar-refractivity contribution in [1.82, 2.24) is 4.57 Å². The van der Waals surface area contributed by atoms with E-state index in [0.717, 1.165) is 23.3 Å². The first kappa shape index (κ1) is 20.3. The van der Waals surface area contributed by atoms with Gasteiger partial charge in [-0.05, 0) is 31.0 Å². The van der Waals surface area contributed by atoms with Gasteiger partial charge >= 0.3 is 0 Å². The number of hydrogen-bond donors (Lipinski definition) is 2. The molecule has 0 amide bonds. The van der Waals surface area contributed by atoms with Gasteiger partial charge in [0.15, 0.2) is 0 Å². The second-order valence-corrected chi connectivity index (χ2v) is 9.15. The van der Waals surface area contributed by atoms with Crippen molar-refractivity contribution < 1.29 is 17.2 Å². The minimum atomic E-state index is -3.83. The van der Waals surface area contributed by atoms with Gasteiger partial charge in [-0.1, -0.05) is 22.4 Å². The summed E-state index contributed by atoms with van der Waals surface area (Å²) in [5.41, 5.74) is -2.07. The Hall–Kier alpha value is -2.45. The summed E-state index contributed by atoms with van der Waals surface area (Å²) >= 11 is 3.10. The van der Waals surface area contributed by atoms with Crippen LogP contribution in [0.1, 0.15) is 19.3 Å². The molecular weight excluding hydrogens is 458 g/mol. The molecule has 1 aromatic carbocycles. The van der Waals surface area contributed by atoms with E-state index in [1.54, 1.807) is 6.07 Å². The zero-order valence-corrected chi connectivity index (χ0v) is 16.8. The summed E-state index contributed by atoms with van der Waals surface area (Å²) in [4.78, 5) is 12.1. The Morgan fingerprint density at radius 3 is 2.57 bits per heavy atom. The molecule has 0 radical (unpaired) electrons. The zero-order valence-electron chi connectivity index (χ0n) is 14.4. The number of pyridine rings is 1. The molecule has 0 atom stereocenters. The van der Waals surface area contributed by atoms with Crippen molar-refractivity contribution in [3.05, 3.63) is 50.9 Å². The lowest BCUT2D eigenvalue weighted by Gasteiger charge is -2.26. The third-order valence-electron chi connectivity index (χ3n) is 4.40. The second kappa shape index (κ2) is 7.89. The summed E-state index contributed by atoms with van der Waals surface area (Å²) in [6, 6.07) is 5.65. The maximum atomic E-state index is 14.7. The van der Waals surface area contributed by atoms with Crippen LogP contribution in [0.3, 0.4) is 0 Å². The van der Waals surface area contributed by atoms with Gasteiger partial charge in [-0.25, -0.2) is 12.8 Å². The molecule has 148 valence electrons. The summed E-state index contributed by atoms with van der Waals surface area (Å²) in [7, 11) is -3.83. The van der Waals surface area contributed by atoms with Crippen LogP contribution in [0.5, 0.6) is 0 Å². The Kier molecular flexibility index (Phi) is 5.71. The predicted octanol–water partition coefficient (Wildman–Crippen LogP) is 3.45. The highest BCUT2D eigenvalue weighted by Gasteiger charge is 2.32. The smallest absolute Gasteiger partial charge is 0.289 e. The maximum absolute atomic E-state index is 14.7. The number of rotatable bonds is 6. The van der Waals surface area contributed by atoms with Gasteiger partial charge in [0.25, 0.3) is 5.56 Å². The van der Waals surface area contributed by atoms with Crippen LogP contribution in [0.4, 0.5) is 25.8 Å². The number of hydrogen-bond acceptors (Lipinski definition) is 5. The van der Waals surface area contributed by atoms with Crippen LogP contribution in [0.15, 0.2) is 33.7 Å². The van der Waals surface area contributed by atoms with E-state index in [1.165, 1.54) is 12.1 Å². The minimum Gasteiger partial charge on any atom is -0.349 e. The lowest BCUT2D eigenvalue weighted by atomic mass is 10.0. The van der Waals surface area contributed by atoms with Crippen molar-refractivity contribution in [2.24, 2.45) is 0 Å². The Morgan fingerprint density at radius 2 is 2.00 bits per heavy atom. The standard InChI is InChI=1S/C17H15BrF2N4O3S/c18-10-4-5-13(12(19)8-10)22-16-14(23-28(26,27)11-2-1-3-11)9-24(7-6-21)17(25)15(16)20/h4-5,8-9,11,22-23H,1-3,7H2. The molecule has 0 unspecified atom stereocenters. The highest BCUT2D eigenvalue weighted by atomic mass is 79.9. The molecule has 3 rings (SSSR count). The molecule has 1 heterocycles. The summed E-state index contributed by atoms with van der Waals surface area (Å²) in [5.74, 6) is -2.06. The first-order valence-corrected chi connectivity index (χ1v) is 10.6. The summed E-state index contributed by atoms with van der Waals surface area (Å²) < 4.78 is 57.3. The molecule has 11 heteroatoms. The van der Waals surface area contributed by atoms with Crippen molar-refractivity contribution in [3.8, 4) is 6.07 Å². The normalized spacial score (nSPS) is 14.2. The molecule has 1 saturated carbocycles. The van der Waals surface area contributed by atoms with Crippen molar-refractivity contribution in [3.63, 3.8) is 0 Å². The predicted molar refractivity (Wildman–Crippen MR) is 104 cm³/mol. The van der Waals surface area contributed by atoms with Crippen LogP contribution < -0.4 is 15.6 Å². The Morgan fingerprint density at radius 1 is 1.29 bits per heavy atom. The SMILES string of the molecule is N#CCn1cc(NS(=O)(=O)C2CCC2)c(Nc2ccc(Br)cc2F)c(F)c1=O. The van der Waals surface area contributed by atoms with E-state index in [-0.39, 0.29) is 11.4 Å². The highest BCUT2D eigenvalue weighted by Crippen LogP contribution is 2.33. The average molecular weight is 473 g/mol. The van der Waals surface area contributed by atoms with Gasteiger partial charge in [-0.3, -0.25) is 14.1 Å². The molecule has 0 saturated heterocycles. The Bertz CT molecular complexity index is 1120. The van der Waals surface area contributed by atoms with Gasteiger partial charge in [0, 0.05) is 10.7 Å². The summed E-state index contributed by atoms with van der Waals surface area (Å²) in [6.45, 7) is -0.471. The molecule has 0 spiro atoms. The molecule has 2 N–H and O–H groups in total. The molecule has 28 heavy (non-hydrogen) atoms. The minimum absolute atomic E-state index is 0.149. The molecule has 0 bridgehead atoms. The summed E-state index contributed by atoms with van der Waals surface area (Å²) in [5, 5.41) is 10.6. The van der Waals surface area contributed by atoms with Crippen molar-refractivity contribution in [2.75, 3.05) is 10.0 Å². The van der Waals surface area contributed by atoms with Gasteiger partial charge in [-0.15, -0.1) is 0 Å². The van der Waals surface area contributed by atoms with Crippen LogP contribution in [0, 0.1) is 23.0 Å². The fourth-order valence-electron chi connectivity index (χ4n) is 2.67. The molecule has 1 aliphatic carbocycles. The van der Waals surface area contributed by atoms with Crippen LogP contribution in [0.2, 0.25) is 0 Å². The van der Waals surface area contributed by atoms with Crippen LogP contribution in [0.25, 0.3) is 0 Å². The van der Waals surface area contributed by atoms with Crippen LogP contribution in [-0.2, 0) is 16.6 Å². The fraction of sp³-hybridized carbons (Fsp3) is 0.294. The average Bonchev–Trinajstić information content (AvgIpc) is 2.55. The van der Waals surface area contributed by atoms with E-state index in [4.69, 9.17) is 5.26 Å². The molecule has 1 fully saturated rings. The Labute approximate surface area is 168 Å². The molecule has 2 aromatic rings. The number of nitrogens with one attached hydrogen (secondary N) is 2. The van der Waals surface area contributed by atoms with E-state index in [0.29, 0.717) is 17.3 Å². The third-order valence-corrected chi connectivity index (χ3v) is 6.74. The molecule has 7 nitrogen and oxygen atoms in total. The zero-order chi connectivity index (χ0) is 20.5. The largest absolute Gasteiger partial charge is 0.349 e. The van der Waals surface area contributed by atoms with E-state index in [1.807, 2.05) is 0 Å². The second-order valence-electron chi connectivity index (χ2n) is 6.27. The number of anilines is 3. The summed E-state index contributed by atoms with van der Waals surface area (Å²) in [6.07, 6.45) is 2.74. The van der Waals surface area contributed by atoms with Crippen molar-refractivity contribution in [2.45, 2.75) is 31.1 Å². The lowest BCUT2D eigenvalue weighted by Crippen LogP contribution is -2.34. The molecular formula is C17H15BrF2N4O3S. The number of nitrogens with zero attached hydrogens (tertiary/aromatic N) is 2. The fourth-order valence-corrected chi connectivity index (χ4v) is 4.58. The van der Waals surface area contributed by atoms with Crippen LogP contribution in [-0.4, -0.2) is 18.2 Å². The number of aromatic nitrogens is 1. The first-order valence-electron chi connectivity index (χ1n) is 8.26. The molecule has 0 aliphatic heterocycles. The van der Waals surface area contributed by atoms with Crippen LogP contribution >= 0.6 is 15.9 Å². The van der Waals surface area contributed by atoms with Gasteiger partial charge < -0.3 is 5.32 Å². The maximum Gasteiger partial charge on any atom is 0.289 e. The monoisotopic (exact) mass is 472 g/mol. The Balaban J connectivity index is 2.09. The number of benzene rings is 1. The molecule has 1 aliphatic rings. The van der Waals surface area contributed by atoms with E-state index >= 15 is 0 Å². The molecule has 1 aromatic heterocycles.